The molecule has 1 rings (SSSR count). The minimum Gasteiger partial charge on any atom is -0.330 e. The van der Waals surface area contributed by atoms with Gasteiger partial charge in [0.25, 0.3) is 0 Å². The first-order valence-corrected chi connectivity index (χ1v) is 4.09. The smallest absolute Gasteiger partial charge is 0.250 e. The molecule has 1 aromatic rings. The van der Waals surface area contributed by atoms with Crippen molar-refractivity contribution in [3.8, 4) is 0 Å². The van der Waals surface area contributed by atoms with Crippen LogP contribution in [0.5, 0.6) is 0 Å². The molecule has 0 aliphatic rings. The van der Waals surface area contributed by atoms with Crippen molar-refractivity contribution in [2.45, 2.75) is 12.8 Å². The summed E-state index contributed by atoms with van der Waals surface area (Å²) in [5.41, 5.74) is 6.58. The van der Waals surface area contributed by atoms with Gasteiger partial charge in [-0.15, -0.1) is 0 Å². The highest BCUT2D eigenvalue weighted by Gasteiger charge is 1.93. The highest BCUT2D eigenvalue weighted by atomic mass is 16.1. The quantitative estimate of drug-likeness (QED) is 0.701. The largest absolute Gasteiger partial charge is 0.330 e. The molecule has 3 heteroatoms. The maximum absolute atomic E-state index is 11.0. The van der Waals surface area contributed by atoms with Crippen molar-refractivity contribution >= 4 is 0 Å². The number of aryl methyl sites for hydroxylation is 2. The summed E-state index contributed by atoms with van der Waals surface area (Å²) >= 11 is 0. The number of rotatable bonds is 3. The van der Waals surface area contributed by atoms with E-state index in [1.807, 2.05) is 12.3 Å². The number of nitrogens with two attached hydrogens (primary N) is 1. The van der Waals surface area contributed by atoms with Crippen LogP contribution in [-0.4, -0.2) is 11.1 Å². The van der Waals surface area contributed by atoms with Gasteiger partial charge in [0.05, 0.1) is 0 Å². The first-order chi connectivity index (χ1) is 5.74. The summed E-state index contributed by atoms with van der Waals surface area (Å²) in [4.78, 5) is 11.0. The Morgan fingerprint density at radius 1 is 1.50 bits per heavy atom. The highest BCUT2D eigenvalue weighted by molar-refractivity contribution is 5.09. The van der Waals surface area contributed by atoms with Gasteiger partial charge >= 0.3 is 0 Å². The van der Waals surface area contributed by atoms with E-state index < -0.39 is 0 Å². The van der Waals surface area contributed by atoms with E-state index >= 15 is 0 Å². The second kappa shape index (κ2) is 4.07. The lowest BCUT2D eigenvalue weighted by atomic mass is 10.1. The van der Waals surface area contributed by atoms with Crippen molar-refractivity contribution in [3.05, 3.63) is 34.2 Å². The second-order valence-electron chi connectivity index (χ2n) is 2.88. The van der Waals surface area contributed by atoms with E-state index in [9.17, 15) is 4.79 Å². The third kappa shape index (κ3) is 2.20. The molecule has 0 aliphatic carbocycles. The van der Waals surface area contributed by atoms with Crippen LogP contribution in [0.1, 0.15) is 12.0 Å². The summed E-state index contributed by atoms with van der Waals surface area (Å²) in [5, 5.41) is 0. The van der Waals surface area contributed by atoms with Gasteiger partial charge in [-0.05, 0) is 24.9 Å². The molecule has 0 atom stereocenters. The van der Waals surface area contributed by atoms with Gasteiger partial charge in [-0.1, -0.05) is 6.07 Å². The van der Waals surface area contributed by atoms with Gasteiger partial charge in [0.15, 0.2) is 0 Å². The topological polar surface area (TPSA) is 48.0 Å². The Labute approximate surface area is 71.8 Å². The fourth-order valence-electron chi connectivity index (χ4n) is 1.11. The lowest BCUT2D eigenvalue weighted by Crippen LogP contribution is -2.15. The fraction of sp³-hybridized carbons (Fsp3) is 0.444. The molecule has 1 heterocycles. The molecule has 0 radical (unpaired) electrons. The van der Waals surface area contributed by atoms with Crippen LogP contribution >= 0.6 is 0 Å². The SMILES string of the molecule is Cn1cc(CCCN)ccc1=O. The van der Waals surface area contributed by atoms with Crippen molar-refractivity contribution in [2.24, 2.45) is 12.8 Å². The van der Waals surface area contributed by atoms with Gasteiger partial charge in [0, 0.05) is 19.3 Å². The van der Waals surface area contributed by atoms with E-state index in [2.05, 4.69) is 0 Å². The molecule has 0 unspecified atom stereocenters. The molecule has 0 spiro atoms. The predicted molar refractivity (Wildman–Crippen MR) is 49.1 cm³/mol. The summed E-state index contributed by atoms with van der Waals surface area (Å²) in [6.07, 6.45) is 3.78. The second-order valence-corrected chi connectivity index (χ2v) is 2.88. The van der Waals surface area contributed by atoms with Crippen LogP contribution < -0.4 is 11.3 Å². The molecule has 0 bridgehead atoms. The molecule has 0 amide bonds. The van der Waals surface area contributed by atoms with Gasteiger partial charge in [0.2, 0.25) is 5.56 Å². The molecular weight excluding hydrogens is 152 g/mol. The Morgan fingerprint density at radius 2 is 2.25 bits per heavy atom. The number of hydrogen-bond acceptors (Lipinski definition) is 2. The molecule has 2 N–H and O–H groups in total. The van der Waals surface area contributed by atoms with Crippen LogP contribution in [0.4, 0.5) is 0 Å². The first-order valence-electron chi connectivity index (χ1n) is 4.09. The van der Waals surface area contributed by atoms with Gasteiger partial charge in [-0.2, -0.15) is 0 Å². The Balaban J connectivity index is 2.75. The lowest BCUT2D eigenvalue weighted by Gasteiger charge is -2.01. The standard InChI is InChI=1S/C9H14N2O/c1-11-7-8(3-2-6-10)4-5-9(11)12/h4-5,7H,2-3,6,10H2,1H3. The summed E-state index contributed by atoms with van der Waals surface area (Å²) in [6, 6.07) is 3.45. The van der Waals surface area contributed by atoms with Crippen molar-refractivity contribution in [2.75, 3.05) is 6.54 Å². The van der Waals surface area contributed by atoms with E-state index in [-0.39, 0.29) is 5.56 Å². The van der Waals surface area contributed by atoms with Gasteiger partial charge in [-0.25, -0.2) is 0 Å². The molecule has 0 fully saturated rings. The summed E-state index contributed by atoms with van der Waals surface area (Å²) in [7, 11) is 1.76. The molecule has 3 nitrogen and oxygen atoms in total. The van der Waals surface area contributed by atoms with Gasteiger partial charge in [-0.3, -0.25) is 4.79 Å². The number of aromatic nitrogens is 1. The molecule has 12 heavy (non-hydrogen) atoms. The Hall–Kier alpha value is -1.09. The molecular formula is C9H14N2O. The van der Waals surface area contributed by atoms with E-state index in [0.717, 1.165) is 12.8 Å². The van der Waals surface area contributed by atoms with Crippen molar-refractivity contribution in [1.82, 2.24) is 4.57 Å². The van der Waals surface area contributed by atoms with Crippen molar-refractivity contribution in [3.63, 3.8) is 0 Å². The number of nitrogens with zero attached hydrogens (tertiary/aromatic N) is 1. The monoisotopic (exact) mass is 166 g/mol. The van der Waals surface area contributed by atoms with E-state index in [0.29, 0.717) is 6.54 Å². The number of pyridine rings is 1. The van der Waals surface area contributed by atoms with Crippen LogP contribution in [0.25, 0.3) is 0 Å². The predicted octanol–water partition coefficient (Wildman–Crippen LogP) is 0.277. The van der Waals surface area contributed by atoms with Gasteiger partial charge in [0.1, 0.15) is 0 Å². The maximum atomic E-state index is 11.0. The van der Waals surface area contributed by atoms with E-state index in [1.54, 1.807) is 17.7 Å². The first kappa shape index (κ1) is 9.00. The zero-order valence-corrected chi connectivity index (χ0v) is 7.29. The molecule has 1 aromatic heterocycles. The average Bonchev–Trinajstić information content (AvgIpc) is 2.07. The Morgan fingerprint density at radius 3 is 2.83 bits per heavy atom. The summed E-state index contributed by atoms with van der Waals surface area (Å²) < 4.78 is 1.59. The minimum absolute atomic E-state index is 0.0338. The average molecular weight is 166 g/mol. The van der Waals surface area contributed by atoms with Gasteiger partial charge < -0.3 is 10.3 Å². The Bertz CT molecular complexity index is 304. The third-order valence-corrected chi connectivity index (χ3v) is 1.82. The molecule has 0 aliphatic heterocycles. The van der Waals surface area contributed by atoms with Crippen LogP contribution in [0.3, 0.4) is 0 Å². The zero-order chi connectivity index (χ0) is 8.97. The lowest BCUT2D eigenvalue weighted by molar-refractivity contribution is 0.794. The molecule has 0 aromatic carbocycles. The highest BCUT2D eigenvalue weighted by Crippen LogP contribution is 1.98. The number of hydrogen-bond donors (Lipinski definition) is 1. The summed E-state index contributed by atoms with van der Waals surface area (Å²) in [6.45, 7) is 0.697. The minimum atomic E-state index is 0.0338. The Kier molecular flexibility index (Phi) is 3.05. The van der Waals surface area contributed by atoms with Crippen LogP contribution in [-0.2, 0) is 13.5 Å². The van der Waals surface area contributed by atoms with Crippen molar-refractivity contribution < 1.29 is 0 Å². The third-order valence-electron chi connectivity index (χ3n) is 1.82. The molecule has 0 saturated heterocycles. The molecule has 0 saturated carbocycles. The van der Waals surface area contributed by atoms with Crippen LogP contribution in [0.2, 0.25) is 0 Å². The van der Waals surface area contributed by atoms with Crippen molar-refractivity contribution in [1.29, 1.82) is 0 Å². The van der Waals surface area contributed by atoms with Crippen LogP contribution in [0, 0.1) is 0 Å². The van der Waals surface area contributed by atoms with E-state index in [4.69, 9.17) is 5.73 Å². The van der Waals surface area contributed by atoms with E-state index in [1.165, 1.54) is 5.56 Å². The zero-order valence-electron chi connectivity index (χ0n) is 7.29. The fourth-order valence-corrected chi connectivity index (χ4v) is 1.11. The molecule has 66 valence electrons. The van der Waals surface area contributed by atoms with Crippen LogP contribution in [0.15, 0.2) is 23.1 Å². The summed E-state index contributed by atoms with van der Waals surface area (Å²) in [5.74, 6) is 0. The maximum Gasteiger partial charge on any atom is 0.250 e. The normalized spacial score (nSPS) is 10.2.